The Bertz CT molecular complexity index is 553. The number of fused-ring (bicyclic) bond motifs is 1. The lowest BCUT2D eigenvalue weighted by Crippen LogP contribution is -2.10. The number of carbonyl (C=O) groups is 1. The van der Waals surface area contributed by atoms with E-state index in [2.05, 4.69) is 4.98 Å². The van der Waals surface area contributed by atoms with Crippen molar-refractivity contribution >= 4 is 16.9 Å². The molecule has 0 aliphatic rings. The summed E-state index contributed by atoms with van der Waals surface area (Å²) in [6.07, 6.45) is -0.133. The second-order valence-corrected chi connectivity index (χ2v) is 3.31. The van der Waals surface area contributed by atoms with E-state index < -0.39 is 12.1 Å². The van der Waals surface area contributed by atoms with Gasteiger partial charge in [0.25, 0.3) is 0 Å². The molecular formula is C11H9NO4. The van der Waals surface area contributed by atoms with Crippen molar-refractivity contribution in [3.63, 3.8) is 0 Å². The summed E-state index contributed by atoms with van der Waals surface area (Å²) in [6, 6.07) is 5.90. The van der Waals surface area contributed by atoms with Crippen LogP contribution in [0.5, 0.6) is 5.75 Å². The molecule has 82 valence electrons. The maximum atomic E-state index is 10.7. The first-order valence-corrected chi connectivity index (χ1v) is 4.58. The standard InChI is InChI=1S/C11H9NO4/c13-8-4-3-7(10(14)11(15)16)6-2-1-5-12-9(6)8/h1-5,10,13-14H,(H,15,16). The molecule has 5 heteroatoms. The van der Waals surface area contributed by atoms with Crippen molar-refractivity contribution in [3.8, 4) is 5.75 Å². The molecule has 5 nitrogen and oxygen atoms in total. The average molecular weight is 219 g/mol. The van der Waals surface area contributed by atoms with Crippen molar-refractivity contribution < 1.29 is 20.1 Å². The van der Waals surface area contributed by atoms with Crippen LogP contribution in [-0.2, 0) is 4.79 Å². The number of aliphatic hydroxyl groups excluding tert-OH is 1. The van der Waals surface area contributed by atoms with Crippen LogP contribution in [0.25, 0.3) is 10.9 Å². The Morgan fingerprint density at radius 1 is 1.31 bits per heavy atom. The minimum Gasteiger partial charge on any atom is -0.506 e. The van der Waals surface area contributed by atoms with E-state index in [1.165, 1.54) is 18.3 Å². The first-order chi connectivity index (χ1) is 7.61. The molecule has 1 heterocycles. The maximum absolute atomic E-state index is 10.7. The number of aliphatic carboxylic acids is 1. The van der Waals surface area contributed by atoms with E-state index in [0.717, 1.165) is 0 Å². The normalized spacial score (nSPS) is 12.6. The summed E-state index contributed by atoms with van der Waals surface area (Å²) in [6.45, 7) is 0. The lowest BCUT2D eigenvalue weighted by molar-refractivity contribution is -0.146. The van der Waals surface area contributed by atoms with Crippen LogP contribution in [0.2, 0.25) is 0 Å². The van der Waals surface area contributed by atoms with Crippen molar-refractivity contribution in [1.29, 1.82) is 0 Å². The van der Waals surface area contributed by atoms with Crippen molar-refractivity contribution in [2.75, 3.05) is 0 Å². The van der Waals surface area contributed by atoms with Crippen LogP contribution in [0.4, 0.5) is 0 Å². The third kappa shape index (κ3) is 1.57. The van der Waals surface area contributed by atoms with Crippen LogP contribution < -0.4 is 0 Å². The molecule has 0 fully saturated rings. The number of hydrogen-bond donors (Lipinski definition) is 3. The maximum Gasteiger partial charge on any atom is 0.337 e. The molecule has 0 radical (unpaired) electrons. The Kier molecular flexibility index (Phi) is 2.46. The molecular weight excluding hydrogens is 210 g/mol. The highest BCUT2D eigenvalue weighted by molar-refractivity contribution is 5.91. The van der Waals surface area contributed by atoms with Crippen LogP contribution in [0, 0.1) is 0 Å². The summed E-state index contributed by atoms with van der Waals surface area (Å²) in [5.74, 6) is -1.38. The SMILES string of the molecule is O=C(O)C(O)c1ccc(O)c2ncccc12. The Hall–Kier alpha value is -2.14. The third-order valence-corrected chi connectivity index (χ3v) is 2.31. The topological polar surface area (TPSA) is 90.7 Å². The predicted octanol–water partition coefficient (Wildman–Crippen LogP) is 1.06. The van der Waals surface area contributed by atoms with E-state index in [1.807, 2.05) is 0 Å². The predicted molar refractivity (Wildman–Crippen MR) is 56.0 cm³/mol. The van der Waals surface area contributed by atoms with Crippen LogP contribution in [-0.4, -0.2) is 26.3 Å². The van der Waals surface area contributed by atoms with Gasteiger partial charge in [-0.1, -0.05) is 12.1 Å². The molecule has 1 atom stereocenters. The molecule has 0 spiro atoms. The molecule has 0 amide bonds. The molecule has 2 aromatic rings. The molecule has 16 heavy (non-hydrogen) atoms. The quantitative estimate of drug-likeness (QED) is 0.702. The van der Waals surface area contributed by atoms with Gasteiger partial charge in [-0.15, -0.1) is 0 Å². The number of carboxylic acid groups (broad SMARTS) is 1. The van der Waals surface area contributed by atoms with Gasteiger partial charge in [-0.05, 0) is 12.1 Å². The Balaban J connectivity index is 2.72. The summed E-state index contributed by atoms with van der Waals surface area (Å²) in [5, 5.41) is 28.2. The van der Waals surface area contributed by atoms with Crippen molar-refractivity contribution in [2.24, 2.45) is 0 Å². The molecule has 0 aliphatic carbocycles. The molecule has 1 aromatic carbocycles. The average Bonchev–Trinajstić information content (AvgIpc) is 2.29. The van der Waals surface area contributed by atoms with Crippen LogP contribution in [0.3, 0.4) is 0 Å². The number of benzene rings is 1. The van der Waals surface area contributed by atoms with E-state index in [9.17, 15) is 15.0 Å². The van der Waals surface area contributed by atoms with Gasteiger partial charge in [0.1, 0.15) is 11.3 Å². The molecule has 2 rings (SSSR count). The number of aromatic hydroxyl groups is 1. The summed E-state index contributed by atoms with van der Waals surface area (Å²) >= 11 is 0. The fourth-order valence-corrected chi connectivity index (χ4v) is 1.55. The number of aromatic nitrogens is 1. The number of phenols is 1. The lowest BCUT2D eigenvalue weighted by atomic mass is 10.0. The number of carboxylic acids is 1. The highest BCUT2D eigenvalue weighted by Gasteiger charge is 2.19. The van der Waals surface area contributed by atoms with Gasteiger partial charge in [0, 0.05) is 17.1 Å². The van der Waals surface area contributed by atoms with E-state index in [0.29, 0.717) is 5.39 Å². The highest BCUT2D eigenvalue weighted by Crippen LogP contribution is 2.29. The fraction of sp³-hybridized carbons (Fsp3) is 0.0909. The summed E-state index contributed by atoms with van der Waals surface area (Å²) in [5.41, 5.74) is 0.494. The summed E-state index contributed by atoms with van der Waals surface area (Å²) in [4.78, 5) is 14.6. The molecule has 0 saturated carbocycles. The number of phenolic OH excluding ortho intramolecular Hbond substituents is 1. The van der Waals surface area contributed by atoms with Gasteiger partial charge in [-0.25, -0.2) is 4.79 Å². The largest absolute Gasteiger partial charge is 0.506 e. The van der Waals surface area contributed by atoms with E-state index in [4.69, 9.17) is 5.11 Å². The summed E-state index contributed by atoms with van der Waals surface area (Å²) < 4.78 is 0. The summed E-state index contributed by atoms with van der Waals surface area (Å²) in [7, 11) is 0. The van der Waals surface area contributed by atoms with Gasteiger partial charge in [0.05, 0.1) is 0 Å². The van der Waals surface area contributed by atoms with Gasteiger partial charge < -0.3 is 15.3 Å². The van der Waals surface area contributed by atoms with Crippen molar-refractivity contribution in [3.05, 3.63) is 36.0 Å². The number of pyridine rings is 1. The second-order valence-electron chi connectivity index (χ2n) is 3.31. The van der Waals surface area contributed by atoms with Crippen molar-refractivity contribution in [2.45, 2.75) is 6.10 Å². The Morgan fingerprint density at radius 2 is 2.06 bits per heavy atom. The van der Waals surface area contributed by atoms with Crippen LogP contribution >= 0.6 is 0 Å². The first-order valence-electron chi connectivity index (χ1n) is 4.58. The zero-order valence-corrected chi connectivity index (χ0v) is 8.16. The third-order valence-electron chi connectivity index (χ3n) is 2.31. The number of rotatable bonds is 2. The monoisotopic (exact) mass is 219 g/mol. The fourth-order valence-electron chi connectivity index (χ4n) is 1.55. The van der Waals surface area contributed by atoms with Crippen LogP contribution in [0.15, 0.2) is 30.5 Å². The number of hydrogen-bond acceptors (Lipinski definition) is 4. The zero-order chi connectivity index (χ0) is 11.7. The zero-order valence-electron chi connectivity index (χ0n) is 8.16. The van der Waals surface area contributed by atoms with Gasteiger partial charge in [0.15, 0.2) is 6.10 Å². The van der Waals surface area contributed by atoms with Gasteiger partial charge in [-0.2, -0.15) is 0 Å². The van der Waals surface area contributed by atoms with E-state index >= 15 is 0 Å². The smallest absolute Gasteiger partial charge is 0.337 e. The first kappa shape index (κ1) is 10.4. The van der Waals surface area contributed by atoms with E-state index in [-0.39, 0.29) is 16.8 Å². The Labute approximate surface area is 90.6 Å². The highest BCUT2D eigenvalue weighted by atomic mass is 16.4. The van der Waals surface area contributed by atoms with Crippen molar-refractivity contribution in [1.82, 2.24) is 4.98 Å². The molecule has 1 aromatic heterocycles. The van der Waals surface area contributed by atoms with Gasteiger partial charge in [0.2, 0.25) is 0 Å². The van der Waals surface area contributed by atoms with Gasteiger partial charge in [-0.3, -0.25) is 4.98 Å². The van der Waals surface area contributed by atoms with Gasteiger partial charge >= 0.3 is 5.97 Å². The lowest BCUT2D eigenvalue weighted by Gasteiger charge is -2.09. The molecule has 0 bridgehead atoms. The van der Waals surface area contributed by atoms with E-state index in [1.54, 1.807) is 12.1 Å². The molecule has 0 saturated heterocycles. The minimum absolute atomic E-state index is 0.0445. The number of aliphatic hydroxyl groups is 1. The number of nitrogens with zero attached hydrogens (tertiary/aromatic N) is 1. The molecule has 0 aliphatic heterocycles. The second kappa shape index (κ2) is 3.79. The Morgan fingerprint density at radius 3 is 2.75 bits per heavy atom. The molecule has 3 N–H and O–H groups in total. The molecule has 1 unspecified atom stereocenters. The minimum atomic E-state index is -1.62. The van der Waals surface area contributed by atoms with Crippen LogP contribution in [0.1, 0.15) is 11.7 Å².